The van der Waals surface area contributed by atoms with Gasteiger partial charge >= 0.3 is 0 Å². The highest BCUT2D eigenvalue weighted by molar-refractivity contribution is 5.98. The van der Waals surface area contributed by atoms with Gasteiger partial charge in [-0.15, -0.1) is 0 Å². The van der Waals surface area contributed by atoms with Gasteiger partial charge in [0.25, 0.3) is 0 Å². The first-order valence-corrected chi connectivity index (χ1v) is 28.9. The molecule has 0 N–H and O–H groups in total. The van der Waals surface area contributed by atoms with E-state index in [2.05, 4.69) is 300 Å². The van der Waals surface area contributed by atoms with Gasteiger partial charge in [-0.3, -0.25) is 0 Å². The summed E-state index contributed by atoms with van der Waals surface area (Å²) in [6.45, 7) is 28.1. The lowest BCUT2D eigenvalue weighted by Gasteiger charge is -2.42. The maximum absolute atomic E-state index is 7.62. The fourth-order valence-electron chi connectivity index (χ4n) is 14.2. The number of para-hydroxylation sites is 2. The Morgan fingerprint density at radius 1 is 0.287 bits per heavy atom. The second kappa shape index (κ2) is 17.2. The number of ether oxygens (including phenoxy) is 1. The zero-order chi connectivity index (χ0) is 55.5. The van der Waals surface area contributed by atoms with Crippen molar-refractivity contribution in [2.45, 2.75) is 116 Å². The molecular formula is C78H71NO. The zero-order valence-electron chi connectivity index (χ0n) is 48.6. The van der Waals surface area contributed by atoms with E-state index in [9.17, 15) is 0 Å². The number of hydrogen-bond acceptors (Lipinski definition) is 2. The monoisotopic (exact) mass is 1040 g/mol. The molecule has 2 heteroatoms. The number of fused-ring (bicyclic) bond motifs is 19. The average molecular weight is 1040 g/mol. The smallest absolute Gasteiger partial charge is 0.156 e. The maximum Gasteiger partial charge on any atom is 0.156 e. The highest BCUT2D eigenvalue weighted by atomic mass is 16.5. The van der Waals surface area contributed by atoms with Crippen LogP contribution in [-0.4, -0.2) is 0 Å². The third kappa shape index (κ3) is 7.16. The van der Waals surface area contributed by atoms with Gasteiger partial charge in [0.2, 0.25) is 0 Å². The summed E-state index contributed by atoms with van der Waals surface area (Å²) < 4.78 is 7.62. The molecule has 0 unspecified atom stereocenters. The Bertz CT molecular complexity index is 4050. The van der Waals surface area contributed by atoms with Gasteiger partial charge in [-0.2, -0.15) is 0 Å². The van der Waals surface area contributed by atoms with Crippen LogP contribution in [0.25, 0.3) is 44.5 Å². The van der Waals surface area contributed by atoms with Gasteiger partial charge in [-0.1, -0.05) is 259 Å². The van der Waals surface area contributed by atoms with E-state index >= 15 is 0 Å². The van der Waals surface area contributed by atoms with Crippen molar-refractivity contribution in [2.24, 2.45) is 0 Å². The highest BCUT2D eigenvalue weighted by Gasteiger charge is 2.55. The second-order valence-electron chi connectivity index (χ2n) is 27.3. The van der Waals surface area contributed by atoms with Crippen molar-refractivity contribution in [1.29, 1.82) is 0 Å². The lowest BCUT2D eigenvalue weighted by molar-refractivity contribution is 0.437. The minimum absolute atomic E-state index is 0.0571. The van der Waals surface area contributed by atoms with E-state index in [1.54, 1.807) is 0 Å². The lowest BCUT2D eigenvalue weighted by Crippen LogP contribution is -2.33. The quantitative estimate of drug-likeness (QED) is 0.174. The molecule has 0 aromatic heterocycles. The molecule has 394 valence electrons. The Morgan fingerprint density at radius 2 is 0.662 bits per heavy atom. The summed E-state index contributed by atoms with van der Waals surface area (Å²) >= 11 is 0. The second-order valence-corrected chi connectivity index (χ2v) is 27.3. The Balaban J connectivity index is 1.07. The van der Waals surface area contributed by atoms with Gasteiger partial charge in [0, 0.05) is 22.5 Å². The first-order chi connectivity index (χ1) is 38.2. The Labute approximate surface area is 474 Å². The van der Waals surface area contributed by atoms with Crippen molar-refractivity contribution in [2.75, 3.05) is 4.90 Å². The predicted molar refractivity (Wildman–Crippen MR) is 335 cm³/mol. The number of anilines is 3. The molecule has 0 amide bonds. The normalized spacial score (nSPS) is 14.8. The Kier molecular flexibility index (Phi) is 10.7. The molecule has 1 aliphatic heterocycles. The lowest BCUT2D eigenvalue weighted by atomic mass is 9.64. The van der Waals surface area contributed by atoms with E-state index in [0.29, 0.717) is 0 Å². The summed E-state index contributed by atoms with van der Waals surface area (Å²) in [5.74, 6) is 1.74. The molecule has 10 aromatic carbocycles. The van der Waals surface area contributed by atoms with Crippen LogP contribution in [0.2, 0.25) is 0 Å². The summed E-state index contributed by atoms with van der Waals surface area (Å²) in [5, 5.41) is 0. The summed E-state index contributed by atoms with van der Waals surface area (Å²) in [6.07, 6.45) is 0. The van der Waals surface area contributed by atoms with E-state index in [4.69, 9.17) is 4.74 Å². The van der Waals surface area contributed by atoms with E-state index in [1.807, 2.05) is 0 Å². The molecule has 14 rings (SSSR count). The Hall–Kier alpha value is -8.20. The first-order valence-electron chi connectivity index (χ1n) is 28.9. The van der Waals surface area contributed by atoms with Crippen LogP contribution in [0.5, 0.6) is 11.5 Å². The molecule has 0 fully saturated rings. The van der Waals surface area contributed by atoms with E-state index in [1.165, 1.54) is 106 Å². The first kappa shape index (κ1) is 50.0. The van der Waals surface area contributed by atoms with Crippen LogP contribution in [-0.2, 0) is 32.5 Å². The Morgan fingerprint density at radius 3 is 1.16 bits per heavy atom. The van der Waals surface area contributed by atoms with Crippen molar-refractivity contribution in [3.63, 3.8) is 0 Å². The molecule has 0 saturated heterocycles. The van der Waals surface area contributed by atoms with E-state index < -0.39 is 10.8 Å². The molecule has 80 heavy (non-hydrogen) atoms. The van der Waals surface area contributed by atoms with Crippen molar-refractivity contribution in [3.8, 4) is 56.0 Å². The SMILES string of the molecule is CC(C)(C)c1ccc2c(c1)C1(c3ccccc3-c3ccc(N(c4ccc(-c5ccccc5)cc4)c4cccc5c4Oc4ccccc4C54c5cc(C(C)(C)C)ccc5-c5ccc(C(C)(C)C)cc54)cc31)c1cc(C(C)(C)C)ccc1-2. The molecular weight excluding hydrogens is 967 g/mol. The van der Waals surface area contributed by atoms with Crippen LogP contribution in [0.1, 0.15) is 150 Å². The molecule has 0 saturated carbocycles. The highest BCUT2D eigenvalue weighted by Crippen LogP contribution is 2.67. The van der Waals surface area contributed by atoms with Gasteiger partial charge in [0.1, 0.15) is 5.75 Å². The van der Waals surface area contributed by atoms with E-state index in [-0.39, 0.29) is 21.7 Å². The molecule has 3 aliphatic carbocycles. The maximum atomic E-state index is 7.62. The molecule has 1 heterocycles. The molecule has 0 atom stereocenters. The van der Waals surface area contributed by atoms with Gasteiger partial charge in [-0.05, 0) is 158 Å². The van der Waals surface area contributed by atoms with Crippen LogP contribution in [0.15, 0.2) is 212 Å². The van der Waals surface area contributed by atoms with Crippen LogP contribution < -0.4 is 9.64 Å². The summed E-state index contributed by atoms with van der Waals surface area (Å²) in [4.78, 5) is 2.49. The van der Waals surface area contributed by atoms with Crippen molar-refractivity contribution < 1.29 is 4.74 Å². The van der Waals surface area contributed by atoms with E-state index in [0.717, 1.165) is 34.1 Å². The average Bonchev–Trinajstić information content (AvgIpc) is 3.35. The molecule has 2 spiro atoms. The summed E-state index contributed by atoms with van der Waals surface area (Å²) in [6, 6.07) is 81.5. The third-order valence-corrected chi connectivity index (χ3v) is 18.4. The van der Waals surface area contributed by atoms with Crippen molar-refractivity contribution in [3.05, 3.63) is 279 Å². The summed E-state index contributed by atoms with van der Waals surface area (Å²) in [5.41, 5.74) is 27.2. The number of nitrogens with zero attached hydrogens (tertiary/aromatic N) is 1. The topological polar surface area (TPSA) is 12.5 Å². The van der Waals surface area contributed by atoms with Gasteiger partial charge in [-0.25, -0.2) is 0 Å². The minimum Gasteiger partial charge on any atom is -0.454 e. The zero-order valence-corrected chi connectivity index (χ0v) is 48.6. The molecule has 2 nitrogen and oxygen atoms in total. The number of hydrogen-bond donors (Lipinski definition) is 0. The molecule has 0 bridgehead atoms. The minimum atomic E-state index is -0.688. The van der Waals surface area contributed by atoms with Crippen LogP contribution in [0.3, 0.4) is 0 Å². The van der Waals surface area contributed by atoms with Crippen molar-refractivity contribution in [1.82, 2.24) is 0 Å². The molecule has 0 radical (unpaired) electrons. The van der Waals surface area contributed by atoms with Gasteiger partial charge < -0.3 is 9.64 Å². The van der Waals surface area contributed by atoms with Crippen LogP contribution in [0, 0.1) is 0 Å². The summed E-state index contributed by atoms with van der Waals surface area (Å²) in [7, 11) is 0. The van der Waals surface area contributed by atoms with Crippen LogP contribution in [0.4, 0.5) is 17.1 Å². The predicted octanol–water partition coefficient (Wildman–Crippen LogP) is 20.8. The number of rotatable bonds is 4. The largest absolute Gasteiger partial charge is 0.454 e. The number of benzene rings is 10. The fraction of sp³-hybridized carbons (Fsp3) is 0.231. The van der Waals surface area contributed by atoms with Crippen LogP contribution >= 0.6 is 0 Å². The van der Waals surface area contributed by atoms with Gasteiger partial charge in [0.15, 0.2) is 5.75 Å². The van der Waals surface area contributed by atoms with Gasteiger partial charge in [0.05, 0.1) is 16.5 Å². The molecule has 4 aliphatic rings. The molecule has 10 aromatic rings. The third-order valence-electron chi connectivity index (χ3n) is 18.4. The standard InChI is InChI=1S/C78H71NO/c1-73(2,3)50-31-38-57-58-39-32-51(74(4,5)6)44-66(58)77(65(57)43-50)62-24-17-16-23-56(62)61-42-37-55(47-69(61)77)79(54-35-29-49(30-36-54)48-21-14-13-15-22-48)70-27-20-26-64-72(70)80-71-28-19-18-25-63(71)78(64)67-45-52(75(7,8)9)33-40-59(67)60-41-34-53(46-68(60)78)76(10,11)12/h13-47H,1-12H3. The van der Waals surface area contributed by atoms with Crippen molar-refractivity contribution >= 4 is 17.1 Å². The fourth-order valence-corrected chi connectivity index (χ4v) is 14.2.